The van der Waals surface area contributed by atoms with Crippen LogP contribution in [0, 0.1) is 11.6 Å². The van der Waals surface area contributed by atoms with E-state index in [4.69, 9.17) is 27.9 Å². The van der Waals surface area contributed by atoms with Gasteiger partial charge in [0.15, 0.2) is 16.7 Å². The lowest BCUT2D eigenvalue weighted by Gasteiger charge is -2.07. The van der Waals surface area contributed by atoms with Crippen LogP contribution in [-0.4, -0.2) is 22.7 Å². The maximum Gasteiger partial charge on any atom is 0.362 e. The molecule has 0 saturated heterocycles. The highest BCUT2D eigenvalue weighted by atomic mass is 35.5. The zero-order chi connectivity index (χ0) is 19.3. The first-order chi connectivity index (χ1) is 12.3. The van der Waals surface area contributed by atoms with E-state index in [-0.39, 0.29) is 23.0 Å². The lowest BCUT2D eigenvalue weighted by atomic mass is 10.2. The largest absolute Gasteiger partial charge is 0.505 e. The first-order valence-electron chi connectivity index (χ1n) is 7.13. The topological polar surface area (TPSA) is 84.1 Å². The van der Waals surface area contributed by atoms with Gasteiger partial charge in [-0.05, 0) is 37.3 Å². The molecule has 2 aromatic rings. The van der Waals surface area contributed by atoms with Crippen molar-refractivity contribution in [3.05, 3.63) is 63.5 Å². The number of hydrogen-bond acceptors (Lipinski definition) is 6. The van der Waals surface area contributed by atoms with Gasteiger partial charge >= 0.3 is 5.97 Å². The predicted molar refractivity (Wildman–Crippen MR) is 91.3 cm³/mol. The molecule has 1 N–H and O–H groups in total. The van der Waals surface area contributed by atoms with Crippen LogP contribution >= 0.6 is 23.2 Å². The fourth-order valence-electron chi connectivity index (χ4n) is 1.74. The molecular formula is C16H11Cl2F2N3O3. The van der Waals surface area contributed by atoms with E-state index in [0.717, 1.165) is 18.2 Å². The molecule has 1 aromatic carbocycles. The van der Waals surface area contributed by atoms with Crippen molar-refractivity contribution in [3.63, 3.8) is 0 Å². The van der Waals surface area contributed by atoms with Crippen LogP contribution in [0.3, 0.4) is 0 Å². The van der Waals surface area contributed by atoms with E-state index < -0.39 is 34.2 Å². The zero-order valence-electron chi connectivity index (χ0n) is 13.2. The summed E-state index contributed by atoms with van der Waals surface area (Å²) in [6, 6.07) is 5.67. The number of azo groups is 1. The minimum Gasteiger partial charge on any atom is -0.505 e. The van der Waals surface area contributed by atoms with E-state index in [1.807, 2.05) is 0 Å². The average Bonchev–Trinajstić information content (AvgIpc) is 2.60. The van der Waals surface area contributed by atoms with Gasteiger partial charge in [-0.1, -0.05) is 23.2 Å². The second-order valence-corrected chi connectivity index (χ2v) is 5.41. The number of aliphatic hydroxyl groups is 1. The molecule has 1 aromatic heterocycles. The summed E-state index contributed by atoms with van der Waals surface area (Å²) in [5.74, 6) is -3.27. The van der Waals surface area contributed by atoms with Crippen LogP contribution in [-0.2, 0) is 9.53 Å². The van der Waals surface area contributed by atoms with E-state index in [2.05, 4.69) is 15.2 Å². The lowest BCUT2D eigenvalue weighted by Crippen LogP contribution is -2.09. The number of aromatic nitrogens is 1. The highest BCUT2D eigenvalue weighted by Crippen LogP contribution is 2.28. The maximum absolute atomic E-state index is 13.6. The smallest absolute Gasteiger partial charge is 0.362 e. The summed E-state index contributed by atoms with van der Waals surface area (Å²) >= 11 is 11.3. The molecule has 1 heterocycles. The first-order valence-corrected chi connectivity index (χ1v) is 7.88. The Bertz CT molecular complexity index is 887. The number of esters is 1. The third-order valence-corrected chi connectivity index (χ3v) is 3.48. The van der Waals surface area contributed by atoms with Crippen LogP contribution in [0.5, 0.6) is 0 Å². The normalized spacial score (nSPS) is 12.2. The van der Waals surface area contributed by atoms with Crippen molar-refractivity contribution in [3.8, 4) is 0 Å². The molecule has 0 aliphatic carbocycles. The van der Waals surface area contributed by atoms with Gasteiger partial charge in [-0.15, -0.1) is 5.11 Å². The minimum absolute atomic E-state index is 0.0113. The van der Waals surface area contributed by atoms with Crippen molar-refractivity contribution in [1.82, 2.24) is 4.98 Å². The number of rotatable bonds is 5. The standard InChI is InChI=1S/C16H11Cl2F2N3O3/c1-2-26-16(25)12(23-22-9-5-3-8(19)4-6-9)13(24)10-7-11(20)15(18)21-14(10)17/h3-7,24H,2H2,1H3/b13-12+,23-22?. The number of pyridine rings is 1. The molecule has 0 aliphatic rings. The van der Waals surface area contributed by atoms with Crippen molar-refractivity contribution in [2.75, 3.05) is 6.61 Å². The maximum atomic E-state index is 13.6. The molecule has 0 spiro atoms. The fraction of sp³-hybridized carbons (Fsp3) is 0.125. The van der Waals surface area contributed by atoms with E-state index in [9.17, 15) is 18.7 Å². The van der Waals surface area contributed by atoms with Crippen LogP contribution in [0.2, 0.25) is 10.3 Å². The summed E-state index contributed by atoms with van der Waals surface area (Å²) in [5, 5.41) is 16.8. The van der Waals surface area contributed by atoms with Crippen molar-refractivity contribution in [2.45, 2.75) is 6.92 Å². The molecule has 10 heteroatoms. The molecule has 0 fully saturated rings. The Kier molecular flexibility index (Phi) is 6.59. The van der Waals surface area contributed by atoms with Gasteiger partial charge in [0.05, 0.1) is 17.9 Å². The lowest BCUT2D eigenvalue weighted by molar-refractivity contribution is -0.138. The highest BCUT2D eigenvalue weighted by molar-refractivity contribution is 6.33. The van der Waals surface area contributed by atoms with Gasteiger partial charge in [0.2, 0.25) is 5.70 Å². The number of carbonyl (C=O) groups is 1. The molecule has 0 amide bonds. The number of nitrogens with zero attached hydrogens (tertiary/aromatic N) is 3. The monoisotopic (exact) mass is 401 g/mol. The van der Waals surface area contributed by atoms with Gasteiger partial charge in [0, 0.05) is 0 Å². The van der Waals surface area contributed by atoms with Gasteiger partial charge < -0.3 is 9.84 Å². The molecule has 2 rings (SSSR count). The van der Waals surface area contributed by atoms with Gasteiger partial charge in [-0.3, -0.25) is 0 Å². The summed E-state index contributed by atoms with van der Waals surface area (Å²) in [6.07, 6.45) is 0. The Morgan fingerprint density at radius 2 is 1.88 bits per heavy atom. The number of halogens is 4. The van der Waals surface area contributed by atoms with Crippen LogP contribution in [0.1, 0.15) is 12.5 Å². The Morgan fingerprint density at radius 3 is 2.50 bits per heavy atom. The van der Waals surface area contributed by atoms with Crippen molar-refractivity contribution in [2.24, 2.45) is 10.2 Å². The molecule has 6 nitrogen and oxygen atoms in total. The van der Waals surface area contributed by atoms with Crippen molar-refractivity contribution < 1.29 is 23.4 Å². The summed E-state index contributed by atoms with van der Waals surface area (Å²) in [5.41, 5.74) is -0.760. The van der Waals surface area contributed by atoms with Gasteiger partial charge in [0.1, 0.15) is 11.0 Å². The molecule has 0 saturated carbocycles. The van der Waals surface area contributed by atoms with Crippen LogP contribution < -0.4 is 0 Å². The van der Waals surface area contributed by atoms with E-state index in [0.29, 0.717) is 0 Å². The number of carbonyl (C=O) groups excluding carboxylic acids is 1. The zero-order valence-corrected chi connectivity index (χ0v) is 14.7. The Morgan fingerprint density at radius 1 is 1.23 bits per heavy atom. The van der Waals surface area contributed by atoms with E-state index in [1.54, 1.807) is 6.92 Å². The summed E-state index contributed by atoms with van der Waals surface area (Å²) in [7, 11) is 0. The number of ether oxygens (including phenoxy) is 1. The molecule has 136 valence electrons. The molecule has 0 radical (unpaired) electrons. The quantitative estimate of drug-likeness (QED) is 0.244. The molecule has 0 atom stereocenters. The van der Waals surface area contributed by atoms with E-state index >= 15 is 0 Å². The summed E-state index contributed by atoms with van der Waals surface area (Å²) in [6.45, 7) is 1.53. The highest BCUT2D eigenvalue weighted by Gasteiger charge is 2.22. The Balaban J connectivity index is 2.52. The molecule has 26 heavy (non-hydrogen) atoms. The van der Waals surface area contributed by atoms with Crippen LogP contribution in [0.4, 0.5) is 14.5 Å². The van der Waals surface area contributed by atoms with Crippen molar-refractivity contribution in [1.29, 1.82) is 0 Å². The Labute approximate surface area is 156 Å². The Hall–Kier alpha value is -2.58. The fourth-order valence-corrected chi connectivity index (χ4v) is 2.15. The third kappa shape index (κ3) is 4.74. The first kappa shape index (κ1) is 19.7. The SMILES string of the molecule is CCOC(=O)/C(N=Nc1ccc(F)cc1)=C(\O)c1cc(F)c(Cl)nc1Cl. The van der Waals surface area contributed by atoms with Crippen LogP contribution in [0.25, 0.3) is 5.76 Å². The molecule has 0 bridgehead atoms. The molecular weight excluding hydrogens is 391 g/mol. The number of aliphatic hydroxyl groups excluding tert-OH is 1. The van der Waals surface area contributed by atoms with Gasteiger partial charge in [-0.25, -0.2) is 18.6 Å². The van der Waals surface area contributed by atoms with Crippen LogP contribution in [0.15, 0.2) is 46.3 Å². The van der Waals surface area contributed by atoms with E-state index in [1.165, 1.54) is 12.1 Å². The van der Waals surface area contributed by atoms with Gasteiger partial charge in [-0.2, -0.15) is 5.11 Å². The molecule has 0 unspecified atom stereocenters. The second-order valence-electron chi connectivity index (χ2n) is 4.69. The van der Waals surface area contributed by atoms with Crippen molar-refractivity contribution >= 4 is 40.6 Å². The summed E-state index contributed by atoms with van der Waals surface area (Å²) in [4.78, 5) is 15.6. The van der Waals surface area contributed by atoms with Gasteiger partial charge in [0.25, 0.3) is 0 Å². The summed E-state index contributed by atoms with van der Waals surface area (Å²) < 4.78 is 31.3. The predicted octanol–water partition coefficient (Wildman–Crippen LogP) is 5.24. The molecule has 0 aliphatic heterocycles. The minimum atomic E-state index is -1.03. The second kappa shape index (κ2) is 8.68. The number of hydrogen-bond donors (Lipinski definition) is 1. The average molecular weight is 402 g/mol. The number of benzene rings is 1. The third-order valence-electron chi connectivity index (χ3n) is 2.93.